The highest BCUT2D eigenvalue weighted by Gasteiger charge is 2.19. The lowest BCUT2D eigenvalue weighted by Gasteiger charge is -2.26. The average molecular weight is 314 g/mol. The van der Waals surface area contributed by atoms with E-state index in [2.05, 4.69) is 35.5 Å². The van der Waals surface area contributed by atoms with Gasteiger partial charge in [-0.25, -0.2) is 0 Å². The quantitative estimate of drug-likeness (QED) is 0.459. The Morgan fingerprint density at radius 1 is 1.33 bits per heavy atom. The van der Waals surface area contributed by atoms with E-state index in [1.807, 2.05) is 18.2 Å². The molecule has 0 radical (unpaired) electrons. The second-order valence-electron chi connectivity index (χ2n) is 5.87. The van der Waals surface area contributed by atoms with Gasteiger partial charge in [0.15, 0.2) is 5.96 Å². The molecule has 21 heavy (non-hydrogen) atoms. The molecule has 1 rings (SSSR count). The van der Waals surface area contributed by atoms with Gasteiger partial charge in [0.25, 0.3) is 0 Å². The van der Waals surface area contributed by atoms with Crippen LogP contribution < -0.4 is 10.6 Å². The fraction of sp³-hybridized carbons (Fsp3) is 0.562. The van der Waals surface area contributed by atoms with Crippen LogP contribution in [0.15, 0.2) is 29.3 Å². The van der Waals surface area contributed by atoms with Crippen molar-refractivity contribution < 1.29 is 4.39 Å². The normalized spacial score (nSPS) is 12.3. The van der Waals surface area contributed by atoms with Crippen LogP contribution in [0, 0.1) is 5.41 Å². The van der Waals surface area contributed by atoms with Gasteiger partial charge in [-0.2, -0.15) is 0 Å². The standard InChI is InChI=1S/C16H25ClFN3/c1-16(2,11-13-6-4-7-14(17)10-13)12-21-15(19-3)20-9-5-8-18/h4,6-7,10H,5,8-9,11-12H2,1-3H3,(H2,19,20,21). The molecule has 0 aliphatic rings. The summed E-state index contributed by atoms with van der Waals surface area (Å²) in [4.78, 5) is 4.13. The van der Waals surface area contributed by atoms with E-state index in [4.69, 9.17) is 11.6 Å². The zero-order valence-corrected chi connectivity index (χ0v) is 13.8. The van der Waals surface area contributed by atoms with Gasteiger partial charge in [0.05, 0.1) is 6.67 Å². The van der Waals surface area contributed by atoms with Crippen LogP contribution in [0.4, 0.5) is 4.39 Å². The van der Waals surface area contributed by atoms with Crippen LogP contribution in [0.3, 0.4) is 0 Å². The largest absolute Gasteiger partial charge is 0.356 e. The maximum absolute atomic E-state index is 12.1. The van der Waals surface area contributed by atoms with Crippen molar-refractivity contribution >= 4 is 17.6 Å². The summed E-state index contributed by atoms with van der Waals surface area (Å²) in [5.74, 6) is 0.711. The van der Waals surface area contributed by atoms with E-state index < -0.39 is 0 Å². The molecule has 0 heterocycles. The highest BCUT2D eigenvalue weighted by atomic mass is 35.5. The highest BCUT2D eigenvalue weighted by molar-refractivity contribution is 6.30. The minimum Gasteiger partial charge on any atom is -0.356 e. The van der Waals surface area contributed by atoms with Gasteiger partial charge >= 0.3 is 0 Å². The maximum Gasteiger partial charge on any atom is 0.190 e. The van der Waals surface area contributed by atoms with Gasteiger partial charge in [-0.1, -0.05) is 37.6 Å². The average Bonchev–Trinajstić information content (AvgIpc) is 2.42. The fourth-order valence-electron chi connectivity index (χ4n) is 2.08. The maximum atomic E-state index is 12.1. The third kappa shape index (κ3) is 7.32. The summed E-state index contributed by atoms with van der Waals surface area (Å²) in [6.07, 6.45) is 1.41. The molecule has 1 aromatic rings. The highest BCUT2D eigenvalue weighted by Crippen LogP contribution is 2.22. The molecule has 118 valence electrons. The molecule has 0 fully saturated rings. The smallest absolute Gasteiger partial charge is 0.190 e. The number of alkyl halides is 1. The van der Waals surface area contributed by atoms with Crippen LogP contribution in [0.25, 0.3) is 0 Å². The molecule has 0 aromatic heterocycles. The van der Waals surface area contributed by atoms with Gasteiger partial charge in [-0.05, 0) is 36.0 Å². The molecule has 0 aliphatic carbocycles. The monoisotopic (exact) mass is 313 g/mol. The molecular weight excluding hydrogens is 289 g/mol. The van der Waals surface area contributed by atoms with Crippen molar-refractivity contribution in [3.8, 4) is 0 Å². The lowest BCUT2D eigenvalue weighted by molar-refractivity contribution is 0.359. The zero-order valence-electron chi connectivity index (χ0n) is 13.0. The second-order valence-corrected chi connectivity index (χ2v) is 6.30. The summed E-state index contributed by atoms with van der Waals surface area (Å²) in [5.41, 5.74) is 1.28. The lowest BCUT2D eigenvalue weighted by Crippen LogP contribution is -2.43. The van der Waals surface area contributed by atoms with Crippen LogP contribution >= 0.6 is 11.6 Å². The molecule has 1 aromatic carbocycles. The summed E-state index contributed by atoms with van der Waals surface area (Å²) in [6.45, 7) is 5.43. The van der Waals surface area contributed by atoms with E-state index in [1.54, 1.807) is 7.05 Å². The Labute approximate surface area is 132 Å². The zero-order chi connectivity index (χ0) is 15.7. The molecule has 0 saturated heterocycles. The number of halogens is 2. The summed E-state index contributed by atoms with van der Waals surface area (Å²) in [7, 11) is 1.72. The number of hydrogen-bond acceptors (Lipinski definition) is 1. The van der Waals surface area contributed by atoms with Gasteiger partial charge in [0.2, 0.25) is 0 Å². The predicted octanol–water partition coefficient (Wildman–Crippen LogP) is 3.43. The number of benzene rings is 1. The van der Waals surface area contributed by atoms with Crippen LogP contribution in [-0.2, 0) is 6.42 Å². The summed E-state index contributed by atoms with van der Waals surface area (Å²) in [6, 6.07) is 7.94. The number of nitrogens with one attached hydrogen (secondary N) is 2. The van der Waals surface area contributed by atoms with E-state index in [9.17, 15) is 4.39 Å². The molecular formula is C16H25ClFN3. The molecule has 0 saturated carbocycles. The molecule has 0 amide bonds. The predicted molar refractivity (Wildman–Crippen MR) is 88.9 cm³/mol. The van der Waals surface area contributed by atoms with Crippen molar-refractivity contribution in [2.24, 2.45) is 10.4 Å². The molecule has 5 heteroatoms. The van der Waals surface area contributed by atoms with E-state index in [1.165, 1.54) is 5.56 Å². The first kappa shape index (κ1) is 17.8. The minimum atomic E-state index is -0.315. The van der Waals surface area contributed by atoms with Crippen molar-refractivity contribution in [3.05, 3.63) is 34.9 Å². The third-order valence-electron chi connectivity index (χ3n) is 3.13. The van der Waals surface area contributed by atoms with Crippen molar-refractivity contribution in [2.45, 2.75) is 26.7 Å². The molecule has 0 unspecified atom stereocenters. The van der Waals surface area contributed by atoms with E-state index in [0.717, 1.165) is 18.0 Å². The molecule has 2 N–H and O–H groups in total. The van der Waals surface area contributed by atoms with Gasteiger partial charge in [-0.15, -0.1) is 0 Å². The first-order valence-electron chi connectivity index (χ1n) is 7.22. The van der Waals surface area contributed by atoms with E-state index in [-0.39, 0.29) is 12.1 Å². The van der Waals surface area contributed by atoms with Crippen LogP contribution in [-0.4, -0.2) is 32.8 Å². The Bertz CT molecular complexity index is 461. The number of rotatable bonds is 7. The van der Waals surface area contributed by atoms with Crippen molar-refractivity contribution in [2.75, 3.05) is 26.8 Å². The Kier molecular flexibility index (Phi) is 7.51. The van der Waals surface area contributed by atoms with Crippen molar-refractivity contribution in [1.82, 2.24) is 10.6 Å². The summed E-state index contributed by atoms with van der Waals surface area (Å²) >= 11 is 6.02. The molecule has 3 nitrogen and oxygen atoms in total. The molecule has 0 spiro atoms. The number of hydrogen-bond donors (Lipinski definition) is 2. The summed E-state index contributed by atoms with van der Waals surface area (Å²) < 4.78 is 12.1. The van der Waals surface area contributed by atoms with Crippen LogP contribution in [0.5, 0.6) is 0 Å². The van der Waals surface area contributed by atoms with Gasteiger partial charge in [0, 0.05) is 25.2 Å². The number of nitrogens with zero attached hydrogens (tertiary/aromatic N) is 1. The van der Waals surface area contributed by atoms with E-state index in [0.29, 0.717) is 18.9 Å². The van der Waals surface area contributed by atoms with Gasteiger partial charge in [-0.3, -0.25) is 9.38 Å². The van der Waals surface area contributed by atoms with E-state index >= 15 is 0 Å². The number of guanidine groups is 1. The minimum absolute atomic E-state index is 0.0579. The first-order chi connectivity index (χ1) is 9.96. The molecule has 0 atom stereocenters. The Morgan fingerprint density at radius 3 is 2.71 bits per heavy atom. The molecule has 0 aliphatic heterocycles. The first-order valence-corrected chi connectivity index (χ1v) is 7.59. The summed E-state index contributed by atoms with van der Waals surface area (Å²) in [5, 5.41) is 7.14. The third-order valence-corrected chi connectivity index (χ3v) is 3.37. The van der Waals surface area contributed by atoms with Crippen molar-refractivity contribution in [1.29, 1.82) is 0 Å². The topological polar surface area (TPSA) is 36.4 Å². The lowest BCUT2D eigenvalue weighted by atomic mass is 9.86. The van der Waals surface area contributed by atoms with Gasteiger partial charge in [0.1, 0.15) is 0 Å². The number of aliphatic imine (C=N–C) groups is 1. The Morgan fingerprint density at radius 2 is 2.10 bits per heavy atom. The van der Waals surface area contributed by atoms with Crippen molar-refractivity contribution in [3.63, 3.8) is 0 Å². The second kappa shape index (κ2) is 8.88. The van der Waals surface area contributed by atoms with Gasteiger partial charge < -0.3 is 10.6 Å². The van der Waals surface area contributed by atoms with Crippen LogP contribution in [0.1, 0.15) is 25.8 Å². The Balaban J connectivity index is 2.47. The Hall–Kier alpha value is -1.29. The fourth-order valence-corrected chi connectivity index (χ4v) is 2.29. The van der Waals surface area contributed by atoms with Crippen LogP contribution in [0.2, 0.25) is 5.02 Å². The SMILES string of the molecule is CN=C(NCCCF)NCC(C)(C)Cc1cccc(Cl)c1. The molecule has 0 bridgehead atoms.